The maximum absolute atomic E-state index is 11.5. The zero-order chi connectivity index (χ0) is 11.4. The molecule has 1 aliphatic heterocycles. The van der Waals surface area contributed by atoms with Crippen molar-refractivity contribution >= 4 is 0 Å². The van der Waals surface area contributed by atoms with Crippen molar-refractivity contribution in [3.05, 3.63) is 28.4 Å². The predicted octanol–water partition coefficient (Wildman–Crippen LogP) is 0.941. The summed E-state index contributed by atoms with van der Waals surface area (Å²) >= 11 is 0. The number of nitrogens with zero attached hydrogens (tertiary/aromatic N) is 2. The van der Waals surface area contributed by atoms with Gasteiger partial charge in [0, 0.05) is 18.9 Å². The van der Waals surface area contributed by atoms with E-state index in [2.05, 4.69) is 10.3 Å². The molecule has 0 aliphatic carbocycles. The van der Waals surface area contributed by atoms with Crippen LogP contribution >= 0.6 is 0 Å². The van der Waals surface area contributed by atoms with Gasteiger partial charge in [0.2, 0.25) is 0 Å². The molecule has 1 aliphatic rings. The van der Waals surface area contributed by atoms with Gasteiger partial charge < -0.3 is 5.32 Å². The molecule has 4 heteroatoms. The minimum absolute atomic E-state index is 0.130. The molecule has 0 spiro atoms. The summed E-state index contributed by atoms with van der Waals surface area (Å²) < 4.78 is 1.73. The van der Waals surface area contributed by atoms with Crippen LogP contribution in [0.5, 0.6) is 0 Å². The third-order valence-corrected chi connectivity index (χ3v) is 3.16. The highest BCUT2D eigenvalue weighted by Crippen LogP contribution is 2.14. The Balaban J connectivity index is 1.93. The molecule has 16 heavy (non-hydrogen) atoms. The van der Waals surface area contributed by atoms with Gasteiger partial charge in [0.1, 0.15) is 0 Å². The number of rotatable bonds is 3. The highest BCUT2D eigenvalue weighted by atomic mass is 16.1. The lowest BCUT2D eigenvalue weighted by Crippen LogP contribution is -2.31. The molecular weight excluding hydrogens is 202 g/mol. The fourth-order valence-electron chi connectivity index (χ4n) is 2.22. The van der Waals surface area contributed by atoms with Gasteiger partial charge in [-0.1, -0.05) is 0 Å². The quantitative estimate of drug-likeness (QED) is 0.826. The lowest BCUT2D eigenvalue weighted by Gasteiger charge is -2.22. The van der Waals surface area contributed by atoms with E-state index < -0.39 is 0 Å². The van der Waals surface area contributed by atoms with Crippen LogP contribution in [0.3, 0.4) is 0 Å². The highest BCUT2D eigenvalue weighted by molar-refractivity contribution is 4.99. The van der Waals surface area contributed by atoms with Crippen LogP contribution in [0.1, 0.15) is 24.8 Å². The van der Waals surface area contributed by atoms with Crippen molar-refractivity contribution in [2.24, 2.45) is 5.92 Å². The van der Waals surface area contributed by atoms with Crippen LogP contribution in [0.2, 0.25) is 0 Å². The second kappa shape index (κ2) is 5.25. The minimum atomic E-state index is -0.130. The average Bonchev–Trinajstić information content (AvgIpc) is 2.32. The van der Waals surface area contributed by atoms with Gasteiger partial charge in [0.15, 0.2) is 0 Å². The Morgan fingerprint density at radius 2 is 2.50 bits per heavy atom. The summed E-state index contributed by atoms with van der Waals surface area (Å²) in [5.41, 5.74) is 0.913. The van der Waals surface area contributed by atoms with Crippen molar-refractivity contribution in [1.29, 1.82) is 0 Å². The van der Waals surface area contributed by atoms with Crippen LogP contribution in [-0.2, 0) is 6.54 Å². The van der Waals surface area contributed by atoms with E-state index in [-0.39, 0.29) is 5.69 Å². The minimum Gasteiger partial charge on any atom is -0.316 e. The molecule has 0 bridgehead atoms. The van der Waals surface area contributed by atoms with Gasteiger partial charge in [-0.25, -0.2) is 9.78 Å². The molecule has 1 aromatic heterocycles. The Morgan fingerprint density at radius 1 is 1.62 bits per heavy atom. The number of hydrogen-bond donors (Lipinski definition) is 1. The number of nitrogens with one attached hydrogen (secondary N) is 1. The fourth-order valence-corrected chi connectivity index (χ4v) is 2.22. The van der Waals surface area contributed by atoms with Crippen LogP contribution < -0.4 is 11.0 Å². The molecule has 1 fully saturated rings. The molecular formula is C12H19N3O. The normalized spacial score (nSPS) is 20.9. The summed E-state index contributed by atoms with van der Waals surface area (Å²) in [6.45, 7) is 4.99. The SMILES string of the molecule is Cc1cnc(=O)n(CCC2CCCNC2)c1. The number of hydrogen-bond acceptors (Lipinski definition) is 3. The summed E-state index contributed by atoms with van der Waals surface area (Å²) in [7, 11) is 0. The summed E-state index contributed by atoms with van der Waals surface area (Å²) in [5.74, 6) is 0.709. The molecule has 0 radical (unpaired) electrons. The average molecular weight is 221 g/mol. The van der Waals surface area contributed by atoms with E-state index in [1.54, 1.807) is 10.8 Å². The first-order valence-electron chi connectivity index (χ1n) is 5.99. The Morgan fingerprint density at radius 3 is 3.25 bits per heavy atom. The summed E-state index contributed by atoms with van der Waals surface area (Å²) in [4.78, 5) is 15.3. The molecule has 88 valence electrons. The monoisotopic (exact) mass is 221 g/mol. The molecule has 2 rings (SSSR count). The summed E-state index contributed by atoms with van der Waals surface area (Å²) in [5, 5.41) is 3.39. The summed E-state index contributed by atoms with van der Waals surface area (Å²) in [6.07, 6.45) is 7.12. The molecule has 4 nitrogen and oxygen atoms in total. The van der Waals surface area contributed by atoms with Crippen LogP contribution in [0, 0.1) is 12.8 Å². The molecule has 1 aromatic rings. The van der Waals surface area contributed by atoms with Crippen molar-refractivity contribution in [1.82, 2.24) is 14.9 Å². The largest absolute Gasteiger partial charge is 0.347 e. The first kappa shape index (κ1) is 11.3. The van der Waals surface area contributed by atoms with E-state index in [1.165, 1.54) is 12.8 Å². The maximum atomic E-state index is 11.5. The molecule has 1 saturated heterocycles. The lowest BCUT2D eigenvalue weighted by atomic mass is 9.96. The Bertz CT molecular complexity index is 393. The van der Waals surface area contributed by atoms with Crippen molar-refractivity contribution < 1.29 is 0 Å². The van der Waals surface area contributed by atoms with E-state index in [4.69, 9.17) is 0 Å². The fraction of sp³-hybridized carbons (Fsp3) is 0.667. The molecule has 0 saturated carbocycles. The first-order valence-corrected chi connectivity index (χ1v) is 5.99. The van der Waals surface area contributed by atoms with Gasteiger partial charge in [-0.05, 0) is 50.8 Å². The van der Waals surface area contributed by atoms with Gasteiger partial charge in [0.05, 0.1) is 0 Å². The van der Waals surface area contributed by atoms with Crippen LogP contribution in [0.15, 0.2) is 17.2 Å². The molecule has 2 heterocycles. The third kappa shape index (κ3) is 2.92. The van der Waals surface area contributed by atoms with Crippen molar-refractivity contribution in [3.63, 3.8) is 0 Å². The number of aryl methyl sites for hydroxylation is 2. The Hall–Kier alpha value is -1.16. The van der Waals surface area contributed by atoms with Crippen molar-refractivity contribution in [2.45, 2.75) is 32.7 Å². The second-order valence-electron chi connectivity index (χ2n) is 4.61. The van der Waals surface area contributed by atoms with Gasteiger partial charge >= 0.3 is 5.69 Å². The van der Waals surface area contributed by atoms with E-state index >= 15 is 0 Å². The Kier molecular flexibility index (Phi) is 3.72. The molecule has 1 unspecified atom stereocenters. The standard InChI is InChI=1S/C12H19N3O/c1-10-7-14-12(16)15(9-10)6-4-11-3-2-5-13-8-11/h7,9,11,13H,2-6,8H2,1H3. The van der Waals surface area contributed by atoms with Crippen LogP contribution in [0.4, 0.5) is 0 Å². The predicted molar refractivity (Wildman–Crippen MR) is 63.4 cm³/mol. The van der Waals surface area contributed by atoms with E-state index in [0.717, 1.165) is 31.6 Å². The van der Waals surface area contributed by atoms with E-state index in [1.807, 2.05) is 13.1 Å². The zero-order valence-electron chi connectivity index (χ0n) is 9.78. The van der Waals surface area contributed by atoms with Crippen molar-refractivity contribution in [3.8, 4) is 0 Å². The van der Waals surface area contributed by atoms with Gasteiger partial charge in [-0.3, -0.25) is 4.57 Å². The summed E-state index contributed by atoms with van der Waals surface area (Å²) in [6, 6.07) is 0. The highest BCUT2D eigenvalue weighted by Gasteiger charge is 2.12. The van der Waals surface area contributed by atoms with Crippen molar-refractivity contribution in [2.75, 3.05) is 13.1 Å². The van der Waals surface area contributed by atoms with Crippen LogP contribution in [-0.4, -0.2) is 22.6 Å². The maximum Gasteiger partial charge on any atom is 0.347 e. The number of piperidine rings is 1. The van der Waals surface area contributed by atoms with Gasteiger partial charge in [-0.2, -0.15) is 0 Å². The van der Waals surface area contributed by atoms with E-state index in [0.29, 0.717) is 5.92 Å². The molecule has 0 amide bonds. The van der Waals surface area contributed by atoms with E-state index in [9.17, 15) is 4.79 Å². The second-order valence-corrected chi connectivity index (χ2v) is 4.61. The third-order valence-electron chi connectivity index (χ3n) is 3.16. The van der Waals surface area contributed by atoms with Gasteiger partial charge in [-0.15, -0.1) is 0 Å². The van der Waals surface area contributed by atoms with Crippen LogP contribution in [0.25, 0.3) is 0 Å². The smallest absolute Gasteiger partial charge is 0.316 e. The first-order chi connectivity index (χ1) is 7.75. The molecule has 1 N–H and O–H groups in total. The topological polar surface area (TPSA) is 46.9 Å². The lowest BCUT2D eigenvalue weighted by molar-refractivity contribution is 0.339. The van der Waals surface area contributed by atoms with Gasteiger partial charge in [0.25, 0.3) is 0 Å². The molecule has 0 aromatic carbocycles. The Labute approximate surface area is 95.7 Å². The zero-order valence-corrected chi connectivity index (χ0v) is 9.78. The number of aromatic nitrogens is 2. The molecule has 1 atom stereocenters.